The topological polar surface area (TPSA) is 77.0 Å². The summed E-state index contributed by atoms with van der Waals surface area (Å²) in [6, 6.07) is 17.8. The van der Waals surface area contributed by atoms with E-state index in [9.17, 15) is 9.90 Å². The number of para-hydroxylation sites is 1. The molecule has 0 fully saturated rings. The van der Waals surface area contributed by atoms with Crippen LogP contribution in [-0.4, -0.2) is 32.3 Å². The highest BCUT2D eigenvalue weighted by molar-refractivity contribution is 6.03. The van der Waals surface area contributed by atoms with Crippen LogP contribution in [0.3, 0.4) is 0 Å². The number of phenolic OH excluding ortho intramolecular Hbond substituents is 1. The summed E-state index contributed by atoms with van der Waals surface area (Å²) >= 11 is 0. The maximum absolute atomic E-state index is 12.4. The van der Waals surface area contributed by atoms with E-state index >= 15 is 0 Å². The van der Waals surface area contributed by atoms with Crippen molar-refractivity contribution < 1.29 is 24.1 Å². The lowest BCUT2D eigenvalue weighted by Gasteiger charge is -2.13. The first-order valence-corrected chi connectivity index (χ1v) is 9.89. The summed E-state index contributed by atoms with van der Waals surface area (Å²) in [7, 11) is 4.70. The van der Waals surface area contributed by atoms with Crippen LogP contribution < -0.4 is 19.5 Å². The van der Waals surface area contributed by atoms with E-state index in [0.717, 1.165) is 16.7 Å². The molecule has 164 valence electrons. The molecular formula is C26H25NO5. The van der Waals surface area contributed by atoms with Crippen molar-refractivity contribution in [3.8, 4) is 23.0 Å². The summed E-state index contributed by atoms with van der Waals surface area (Å²) < 4.78 is 16.2. The number of phenols is 1. The molecule has 0 radical (unpaired) electrons. The molecule has 0 saturated carbocycles. The van der Waals surface area contributed by atoms with Crippen LogP contribution in [0.5, 0.6) is 23.0 Å². The quantitative estimate of drug-likeness (QED) is 0.377. The van der Waals surface area contributed by atoms with Crippen LogP contribution >= 0.6 is 0 Å². The van der Waals surface area contributed by atoms with Crippen LogP contribution in [0.2, 0.25) is 0 Å². The number of aromatic hydroxyl groups is 1. The zero-order valence-electron chi connectivity index (χ0n) is 18.2. The average molecular weight is 431 g/mol. The SMILES string of the molecule is COc1cc(/C=C/c2ccccc2NC(=O)/C=C/c2ccc(O)cc2)cc(OC)c1OC. The highest BCUT2D eigenvalue weighted by Crippen LogP contribution is 2.38. The van der Waals surface area contributed by atoms with Crippen molar-refractivity contribution in [2.45, 2.75) is 0 Å². The Bertz CT molecular complexity index is 1110. The van der Waals surface area contributed by atoms with Gasteiger partial charge in [0.25, 0.3) is 0 Å². The standard InChI is InChI=1S/C26H25NO5/c1-30-23-16-19(17-24(31-2)26(23)32-3)8-12-20-6-4-5-7-22(20)27-25(29)15-11-18-9-13-21(28)14-10-18/h4-17,28H,1-3H3,(H,27,29)/b12-8+,15-11+. The lowest BCUT2D eigenvalue weighted by atomic mass is 10.1. The number of carbonyl (C=O) groups excluding carboxylic acids is 1. The first-order valence-electron chi connectivity index (χ1n) is 9.89. The number of hydrogen-bond acceptors (Lipinski definition) is 5. The van der Waals surface area contributed by atoms with Crippen molar-refractivity contribution in [2.24, 2.45) is 0 Å². The van der Waals surface area contributed by atoms with Gasteiger partial charge in [-0.1, -0.05) is 42.5 Å². The Balaban J connectivity index is 1.79. The number of ether oxygens (including phenoxy) is 3. The fourth-order valence-electron chi connectivity index (χ4n) is 3.07. The Morgan fingerprint density at radius 2 is 1.47 bits per heavy atom. The minimum absolute atomic E-state index is 0.180. The fourth-order valence-corrected chi connectivity index (χ4v) is 3.07. The van der Waals surface area contributed by atoms with E-state index in [-0.39, 0.29) is 11.7 Å². The second-order valence-corrected chi connectivity index (χ2v) is 6.79. The Hall–Kier alpha value is -4.19. The summed E-state index contributed by atoms with van der Waals surface area (Å²) in [5.41, 5.74) is 3.19. The zero-order valence-corrected chi connectivity index (χ0v) is 18.2. The molecule has 0 unspecified atom stereocenters. The van der Waals surface area contributed by atoms with Crippen molar-refractivity contribution in [2.75, 3.05) is 26.6 Å². The Labute approximate surface area is 187 Å². The number of hydrogen-bond donors (Lipinski definition) is 2. The summed E-state index contributed by atoms with van der Waals surface area (Å²) in [4.78, 5) is 12.4. The third kappa shape index (κ3) is 5.70. The van der Waals surface area contributed by atoms with Crippen LogP contribution in [0.15, 0.2) is 66.7 Å². The first kappa shape index (κ1) is 22.5. The lowest BCUT2D eigenvalue weighted by molar-refractivity contribution is -0.111. The molecular weight excluding hydrogens is 406 g/mol. The number of nitrogens with one attached hydrogen (secondary N) is 1. The first-order chi connectivity index (χ1) is 15.5. The van der Waals surface area contributed by atoms with Crippen LogP contribution in [0.1, 0.15) is 16.7 Å². The van der Waals surface area contributed by atoms with Gasteiger partial charge in [0.15, 0.2) is 11.5 Å². The van der Waals surface area contributed by atoms with E-state index in [2.05, 4.69) is 5.32 Å². The fraction of sp³-hybridized carbons (Fsp3) is 0.115. The molecule has 32 heavy (non-hydrogen) atoms. The second-order valence-electron chi connectivity index (χ2n) is 6.79. The molecule has 0 aliphatic rings. The molecule has 6 heteroatoms. The van der Waals surface area contributed by atoms with E-state index < -0.39 is 0 Å². The molecule has 2 N–H and O–H groups in total. The van der Waals surface area contributed by atoms with Crippen LogP contribution in [0.25, 0.3) is 18.2 Å². The number of benzene rings is 3. The summed E-state index contributed by atoms with van der Waals surface area (Å²) in [5.74, 6) is 1.58. The molecule has 1 amide bonds. The van der Waals surface area contributed by atoms with Gasteiger partial charge in [-0.2, -0.15) is 0 Å². The van der Waals surface area contributed by atoms with E-state index in [1.165, 1.54) is 6.08 Å². The van der Waals surface area contributed by atoms with Crippen LogP contribution in [0.4, 0.5) is 5.69 Å². The van der Waals surface area contributed by atoms with E-state index in [0.29, 0.717) is 22.9 Å². The summed E-state index contributed by atoms with van der Waals surface area (Å²) in [6.45, 7) is 0. The number of amides is 1. The van der Waals surface area contributed by atoms with Gasteiger partial charge in [-0.05, 0) is 53.1 Å². The minimum atomic E-state index is -0.258. The molecule has 6 nitrogen and oxygen atoms in total. The van der Waals surface area contributed by atoms with Crippen LogP contribution in [-0.2, 0) is 4.79 Å². The smallest absolute Gasteiger partial charge is 0.248 e. The monoisotopic (exact) mass is 431 g/mol. The molecule has 3 aromatic rings. The third-order valence-corrected chi connectivity index (χ3v) is 4.68. The van der Waals surface area contributed by atoms with Gasteiger partial charge in [-0.25, -0.2) is 0 Å². The molecule has 0 heterocycles. The molecule has 0 aliphatic heterocycles. The van der Waals surface area contributed by atoms with Gasteiger partial charge in [-0.3, -0.25) is 4.79 Å². The molecule has 0 aliphatic carbocycles. The van der Waals surface area contributed by atoms with Gasteiger partial charge < -0.3 is 24.6 Å². The van der Waals surface area contributed by atoms with E-state index in [1.54, 1.807) is 51.7 Å². The highest BCUT2D eigenvalue weighted by Gasteiger charge is 2.12. The minimum Gasteiger partial charge on any atom is -0.508 e. The largest absolute Gasteiger partial charge is 0.508 e. The Morgan fingerprint density at radius 1 is 0.812 bits per heavy atom. The van der Waals surface area contributed by atoms with Gasteiger partial charge in [0, 0.05) is 11.8 Å². The second kappa shape index (κ2) is 10.7. The Morgan fingerprint density at radius 3 is 2.09 bits per heavy atom. The van der Waals surface area contributed by atoms with Gasteiger partial charge in [-0.15, -0.1) is 0 Å². The number of rotatable bonds is 8. The van der Waals surface area contributed by atoms with Crippen molar-refractivity contribution in [3.63, 3.8) is 0 Å². The molecule has 0 aromatic heterocycles. The molecule has 3 rings (SSSR count). The zero-order chi connectivity index (χ0) is 22.9. The third-order valence-electron chi connectivity index (χ3n) is 4.68. The molecule has 0 saturated heterocycles. The Kier molecular flexibility index (Phi) is 7.54. The predicted octanol–water partition coefficient (Wildman–Crippen LogP) is 5.24. The van der Waals surface area contributed by atoms with E-state index in [1.807, 2.05) is 48.6 Å². The predicted molar refractivity (Wildman–Crippen MR) is 127 cm³/mol. The van der Waals surface area contributed by atoms with Crippen LogP contribution in [0, 0.1) is 0 Å². The number of carbonyl (C=O) groups is 1. The van der Waals surface area contributed by atoms with E-state index in [4.69, 9.17) is 14.2 Å². The van der Waals surface area contributed by atoms with Gasteiger partial charge in [0.2, 0.25) is 11.7 Å². The molecule has 0 spiro atoms. The van der Waals surface area contributed by atoms with Gasteiger partial charge in [0.05, 0.1) is 21.3 Å². The van der Waals surface area contributed by atoms with Crippen molar-refractivity contribution in [3.05, 3.63) is 83.4 Å². The normalized spacial score (nSPS) is 11.0. The van der Waals surface area contributed by atoms with Gasteiger partial charge in [0.1, 0.15) is 5.75 Å². The molecule has 3 aromatic carbocycles. The maximum atomic E-state index is 12.4. The molecule has 0 atom stereocenters. The van der Waals surface area contributed by atoms with Crippen molar-refractivity contribution in [1.29, 1.82) is 0 Å². The highest BCUT2D eigenvalue weighted by atomic mass is 16.5. The lowest BCUT2D eigenvalue weighted by Crippen LogP contribution is -2.08. The summed E-state index contributed by atoms with van der Waals surface area (Å²) in [5, 5.41) is 12.2. The van der Waals surface area contributed by atoms with Gasteiger partial charge >= 0.3 is 0 Å². The molecule has 0 bridgehead atoms. The van der Waals surface area contributed by atoms with Crippen molar-refractivity contribution >= 4 is 29.8 Å². The number of anilines is 1. The van der Waals surface area contributed by atoms with Crippen molar-refractivity contribution in [1.82, 2.24) is 0 Å². The number of methoxy groups -OCH3 is 3. The average Bonchev–Trinajstić information content (AvgIpc) is 2.82. The summed E-state index contributed by atoms with van der Waals surface area (Å²) in [6.07, 6.45) is 6.94. The maximum Gasteiger partial charge on any atom is 0.248 e.